The van der Waals surface area contributed by atoms with E-state index in [9.17, 15) is 31.1 Å². The maximum atomic E-state index is 12.2. The highest BCUT2D eigenvalue weighted by Crippen LogP contribution is 2.38. The Morgan fingerprint density at radius 2 is 1.56 bits per heavy atom. The molecular weight excluding hydrogens is 520 g/mol. The highest BCUT2D eigenvalue weighted by Gasteiger charge is 2.49. The van der Waals surface area contributed by atoms with Gasteiger partial charge in [0.1, 0.15) is 0 Å². The summed E-state index contributed by atoms with van der Waals surface area (Å²) in [6.45, 7) is 9.86. The third-order valence-corrected chi connectivity index (χ3v) is 6.54. The first-order chi connectivity index (χ1) is 16.4. The van der Waals surface area contributed by atoms with Crippen molar-refractivity contribution in [1.29, 1.82) is 0 Å². The van der Waals surface area contributed by atoms with Crippen LogP contribution in [0.1, 0.15) is 30.0 Å². The van der Waals surface area contributed by atoms with Crippen LogP contribution < -0.4 is 5.32 Å². The monoisotopic (exact) mass is 549 g/mol. The fourth-order valence-corrected chi connectivity index (χ4v) is 5.15. The van der Waals surface area contributed by atoms with Crippen molar-refractivity contribution in [3.63, 3.8) is 0 Å². The summed E-state index contributed by atoms with van der Waals surface area (Å²) in [4.78, 5) is 37.8. The summed E-state index contributed by atoms with van der Waals surface area (Å²) in [7, 11) is 1.75. The molecule has 15 heteroatoms. The maximum absolute atomic E-state index is 12.2. The molecule has 36 heavy (non-hydrogen) atoms. The van der Waals surface area contributed by atoms with Crippen LogP contribution in [0.3, 0.4) is 0 Å². The molecule has 8 nitrogen and oxygen atoms in total. The number of likely N-dealkylation sites (tertiary alicyclic amines) is 2. The lowest BCUT2D eigenvalue weighted by molar-refractivity contribution is -0.193. The van der Waals surface area contributed by atoms with Crippen LogP contribution in [0.25, 0.3) is 0 Å². The van der Waals surface area contributed by atoms with Gasteiger partial charge in [-0.2, -0.15) is 26.3 Å². The van der Waals surface area contributed by atoms with Gasteiger partial charge in [-0.1, -0.05) is 0 Å². The molecule has 2 fully saturated rings. The van der Waals surface area contributed by atoms with Crippen LogP contribution in [0.15, 0.2) is 12.1 Å². The molecule has 3 atom stereocenters. The second-order valence-corrected chi connectivity index (χ2v) is 9.92. The minimum atomic E-state index is -5.08. The van der Waals surface area contributed by atoms with Gasteiger partial charge in [0.2, 0.25) is 5.91 Å². The number of aliphatic carboxylic acids is 2. The van der Waals surface area contributed by atoms with E-state index in [0.717, 1.165) is 26.1 Å². The molecule has 1 aromatic rings. The Morgan fingerprint density at radius 3 is 1.92 bits per heavy atom. The molecule has 206 valence electrons. The molecule has 2 aliphatic rings. The van der Waals surface area contributed by atoms with E-state index >= 15 is 0 Å². The first-order valence-corrected chi connectivity index (χ1v) is 11.6. The SMILES string of the molecule is CNC(=O)[C@H]1C[C@@H]2CN(Cc3ccc(C)s3)C[C@@H]2N1C(C)C.O=C(O)C(F)(F)F.O=C(O)C(F)(F)F. The van der Waals surface area contributed by atoms with Crippen molar-refractivity contribution in [1.82, 2.24) is 15.1 Å². The number of carbonyl (C=O) groups excluding carboxylic acids is 1. The number of halogens is 6. The number of alkyl halides is 6. The van der Waals surface area contributed by atoms with Crippen LogP contribution in [-0.4, -0.2) is 88.5 Å². The van der Waals surface area contributed by atoms with Crippen molar-refractivity contribution in [3.8, 4) is 0 Å². The van der Waals surface area contributed by atoms with Crippen LogP contribution in [-0.2, 0) is 20.9 Å². The number of aryl methyl sites for hydroxylation is 1. The molecule has 2 aliphatic heterocycles. The topological polar surface area (TPSA) is 110 Å². The van der Waals surface area contributed by atoms with Crippen molar-refractivity contribution in [2.75, 3.05) is 20.1 Å². The van der Waals surface area contributed by atoms with Gasteiger partial charge in [0.05, 0.1) is 6.04 Å². The standard InChI is InChI=1S/C17H27N3OS.2C2HF3O2/c1-11(2)20-15(17(21)18-4)7-13-8-19(10-16(13)20)9-14-6-5-12(3)22-14;2*3-2(4,5)1(6)7/h5-6,11,13,15-16H,7-10H2,1-4H3,(H,18,21);2*(H,6,7)/t13-,15-,16+;;/m1../s1. The molecule has 0 unspecified atom stereocenters. The number of fused-ring (bicyclic) bond motifs is 1. The predicted octanol–water partition coefficient (Wildman–Crippen LogP) is 3.35. The van der Waals surface area contributed by atoms with Crippen molar-refractivity contribution < 1.29 is 50.9 Å². The van der Waals surface area contributed by atoms with Crippen LogP contribution in [0.2, 0.25) is 0 Å². The Kier molecular flexibility index (Phi) is 11.2. The number of carboxylic acid groups (broad SMARTS) is 2. The molecule has 1 amide bonds. The second kappa shape index (κ2) is 12.7. The molecular formula is C21H29F6N3O5S. The average molecular weight is 550 g/mol. The van der Waals surface area contributed by atoms with Gasteiger partial charge in [-0.3, -0.25) is 14.6 Å². The van der Waals surface area contributed by atoms with Gasteiger partial charge in [-0.15, -0.1) is 11.3 Å². The summed E-state index contributed by atoms with van der Waals surface area (Å²) < 4.78 is 63.5. The lowest BCUT2D eigenvalue weighted by Gasteiger charge is -2.33. The predicted molar refractivity (Wildman–Crippen MR) is 118 cm³/mol. The van der Waals surface area contributed by atoms with Crippen LogP contribution in [0.5, 0.6) is 0 Å². The lowest BCUT2D eigenvalue weighted by Crippen LogP contribution is -2.50. The van der Waals surface area contributed by atoms with E-state index in [-0.39, 0.29) is 11.9 Å². The van der Waals surface area contributed by atoms with Gasteiger partial charge in [0.25, 0.3) is 0 Å². The van der Waals surface area contributed by atoms with E-state index in [1.807, 2.05) is 11.3 Å². The quantitative estimate of drug-likeness (QED) is 0.494. The van der Waals surface area contributed by atoms with Crippen molar-refractivity contribution in [2.24, 2.45) is 5.92 Å². The second-order valence-electron chi connectivity index (χ2n) is 8.55. The number of amides is 1. The zero-order valence-corrected chi connectivity index (χ0v) is 20.8. The maximum Gasteiger partial charge on any atom is 0.490 e. The van der Waals surface area contributed by atoms with E-state index < -0.39 is 24.3 Å². The van der Waals surface area contributed by atoms with Crippen LogP contribution in [0.4, 0.5) is 26.3 Å². The molecule has 3 rings (SSSR count). The van der Waals surface area contributed by atoms with Gasteiger partial charge >= 0.3 is 24.3 Å². The summed E-state index contributed by atoms with van der Waals surface area (Å²) in [5.74, 6) is -4.70. The number of carbonyl (C=O) groups is 3. The lowest BCUT2D eigenvalue weighted by atomic mass is 10.0. The fraction of sp³-hybridized carbons (Fsp3) is 0.667. The number of nitrogens with zero attached hydrogens (tertiary/aromatic N) is 2. The highest BCUT2D eigenvalue weighted by atomic mass is 32.1. The minimum absolute atomic E-state index is 0.0612. The van der Waals surface area contributed by atoms with Gasteiger partial charge in [-0.25, -0.2) is 9.59 Å². The number of likely N-dealkylation sites (N-methyl/N-ethyl adjacent to an activating group) is 1. The summed E-state index contributed by atoms with van der Waals surface area (Å²) >= 11 is 1.90. The third kappa shape index (κ3) is 9.24. The number of nitrogens with one attached hydrogen (secondary N) is 1. The molecule has 3 heterocycles. The molecule has 3 N–H and O–H groups in total. The third-order valence-electron chi connectivity index (χ3n) is 5.56. The summed E-state index contributed by atoms with van der Waals surface area (Å²) in [6.07, 6.45) is -9.16. The first kappa shape index (κ1) is 31.6. The number of hydrogen-bond acceptors (Lipinski definition) is 6. The van der Waals surface area contributed by atoms with Crippen molar-refractivity contribution >= 4 is 29.2 Å². The molecule has 0 aromatic carbocycles. The Labute approximate surface area is 207 Å². The highest BCUT2D eigenvalue weighted by molar-refractivity contribution is 7.11. The van der Waals surface area contributed by atoms with E-state index in [2.05, 4.69) is 48.0 Å². The summed E-state index contributed by atoms with van der Waals surface area (Å²) in [5.41, 5.74) is 0. The molecule has 0 bridgehead atoms. The molecule has 2 saturated heterocycles. The van der Waals surface area contributed by atoms with Crippen LogP contribution >= 0.6 is 11.3 Å². The largest absolute Gasteiger partial charge is 0.490 e. The fourth-order valence-electron chi connectivity index (χ4n) is 4.22. The zero-order chi connectivity index (χ0) is 28.0. The van der Waals surface area contributed by atoms with Crippen molar-refractivity contribution in [2.45, 2.75) is 64.2 Å². The molecule has 0 aliphatic carbocycles. The van der Waals surface area contributed by atoms with Gasteiger partial charge in [0, 0.05) is 48.5 Å². The van der Waals surface area contributed by atoms with Gasteiger partial charge < -0.3 is 15.5 Å². The Balaban J connectivity index is 0.000000383. The number of carboxylic acids is 2. The number of thiophene rings is 1. The van der Waals surface area contributed by atoms with Crippen molar-refractivity contribution in [3.05, 3.63) is 21.9 Å². The van der Waals surface area contributed by atoms with E-state index in [1.54, 1.807) is 7.05 Å². The first-order valence-electron chi connectivity index (χ1n) is 10.7. The normalized spacial score (nSPS) is 22.2. The van der Waals surface area contributed by atoms with E-state index in [4.69, 9.17) is 19.8 Å². The van der Waals surface area contributed by atoms with Gasteiger partial charge in [-0.05, 0) is 45.2 Å². The Morgan fingerprint density at radius 1 is 1.06 bits per heavy atom. The molecule has 0 spiro atoms. The van der Waals surface area contributed by atoms with E-state index in [1.165, 1.54) is 9.75 Å². The molecule has 0 radical (unpaired) electrons. The van der Waals surface area contributed by atoms with E-state index in [0.29, 0.717) is 18.0 Å². The molecule has 1 aromatic heterocycles. The average Bonchev–Trinajstić information content (AvgIpc) is 3.40. The van der Waals surface area contributed by atoms with Crippen LogP contribution in [0, 0.1) is 12.8 Å². The molecule has 0 saturated carbocycles. The van der Waals surface area contributed by atoms with Gasteiger partial charge in [0.15, 0.2) is 0 Å². The summed E-state index contributed by atoms with van der Waals surface area (Å²) in [6, 6.07) is 5.47. The minimum Gasteiger partial charge on any atom is -0.475 e. The number of hydrogen-bond donors (Lipinski definition) is 3. The number of rotatable bonds is 4. The Bertz CT molecular complexity index is 881. The smallest absolute Gasteiger partial charge is 0.475 e. The summed E-state index contributed by atoms with van der Waals surface area (Å²) in [5, 5.41) is 17.1. The Hall–Kier alpha value is -2.39. The zero-order valence-electron chi connectivity index (χ0n) is 20.0.